The Balaban J connectivity index is 1.87. The summed E-state index contributed by atoms with van der Waals surface area (Å²) in [7, 11) is -4.25. The van der Waals surface area contributed by atoms with Crippen LogP contribution in [0.15, 0.2) is 60.0 Å². The van der Waals surface area contributed by atoms with Gasteiger partial charge in [-0.25, -0.2) is 17.5 Å². The van der Waals surface area contributed by atoms with E-state index in [-0.39, 0.29) is 0 Å². The van der Waals surface area contributed by atoms with Crippen LogP contribution in [0.2, 0.25) is 0 Å². The number of hydrogen-bond acceptors (Lipinski definition) is 5. The Bertz CT molecular complexity index is 1210. The molecule has 2 aromatic rings. The summed E-state index contributed by atoms with van der Waals surface area (Å²) in [5, 5.41) is 0.838. The Kier molecular flexibility index (Phi) is 8.98. The zero-order valence-corrected chi connectivity index (χ0v) is 21.1. The Morgan fingerprint density at radius 3 is 2.22 bits per heavy atom. The summed E-state index contributed by atoms with van der Waals surface area (Å²) in [4.78, 5) is 42.5. The average molecular weight is 516 g/mol. The van der Waals surface area contributed by atoms with Gasteiger partial charge in [-0.3, -0.25) is 14.4 Å². The number of nitrogens with zero attached hydrogens (tertiary/aromatic N) is 2. The Hall–Kier alpha value is -3.53. The monoisotopic (exact) mass is 515 g/mol. The quantitative estimate of drug-likeness (QED) is 0.516. The molecule has 8 nitrogen and oxygen atoms in total. The highest BCUT2D eigenvalue weighted by Gasteiger charge is 2.37. The minimum atomic E-state index is -4.25. The molecule has 0 spiro atoms. The molecule has 192 valence electrons. The van der Waals surface area contributed by atoms with Crippen LogP contribution in [-0.2, 0) is 24.4 Å². The molecule has 3 rings (SSSR count). The van der Waals surface area contributed by atoms with Crippen LogP contribution in [0.4, 0.5) is 10.1 Å². The van der Waals surface area contributed by atoms with Crippen LogP contribution >= 0.6 is 0 Å². The lowest BCUT2D eigenvalue weighted by molar-refractivity contribution is -0.140. The van der Waals surface area contributed by atoms with Gasteiger partial charge in [-0.1, -0.05) is 30.3 Å². The Morgan fingerprint density at radius 2 is 1.64 bits per heavy atom. The summed E-state index contributed by atoms with van der Waals surface area (Å²) >= 11 is 0. The van der Waals surface area contributed by atoms with Crippen LogP contribution in [0.25, 0.3) is 6.08 Å². The first-order valence-electron chi connectivity index (χ1n) is 11.7. The second-order valence-electron chi connectivity index (χ2n) is 8.85. The highest BCUT2D eigenvalue weighted by Crippen LogP contribution is 2.23. The van der Waals surface area contributed by atoms with E-state index in [2.05, 4.69) is 0 Å². The molecule has 1 fully saturated rings. The largest absolute Gasteiger partial charge is 0.343 e. The first-order valence-corrected chi connectivity index (χ1v) is 13.3. The van der Waals surface area contributed by atoms with E-state index >= 15 is 0 Å². The minimum Gasteiger partial charge on any atom is -0.343 e. The van der Waals surface area contributed by atoms with Gasteiger partial charge >= 0.3 is 0 Å². The zero-order valence-electron chi connectivity index (χ0n) is 20.3. The molecule has 36 heavy (non-hydrogen) atoms. The van der Waals surface area contributed by atoms with Crippen LogP contribution in [0.3, 0.4) is 0 Å². The van der Waals surface area contributed by atoms with Gasteiger partial charge in [-0.15, -0.1) is 0 Å². The van der Waals surface area contributed by atoms with Crippen molar-refractivity contribution in [3.63, 3.8) is 0 Å². The van der Waals surface area contributed by atoms with Crippen molar-refractivity contribution in [2.75, 3.05) is 18.0 Å². The van der Waals surface area contributed by atoms with E-state index in [0.717, 1.165) is 18.2 Å². The average Bonchev–Trinajstić information content (AvgIpc) is 3.38. The number of amides is 3. The van der Waals surface area contributed by atoms with E-state index in [1.165, 1.54) is 35.2 Å². The van der Waals surface area contributed by atoms with Crippen molar-refractivity contribution in [1.29, 1.82) is 0 Å². The summed E-state index contributed by atoms with van der Waals surface area (Å²) in [6.07, 6.45) is 2.49. The third-order valence-electron chi connectivity index (χ3n) is 5.79. The number of hydrogen-bond donors (Lipinski definition) is 1. The van der Waals surface area contributed by atoms with Crippen molar-refractivity contribution in [3.8, 4) is 0 Å². The molecule has 1 saturated heterocycles. The molecule has 0 aliphatic carbocycles. The van der Waals surface area contributed by atoms with Crippen molar-refractivity contribution < 1.29 is 27.2 Å². The topological polar surface area (TPSA) is 104 Å². The van der Waals surface area contributed by atoms with Crippen molar-refractivity contribution in [2.45, 2.75) is 39.2 Å². The van der Waals surface area contributed by atoms with Crippen LogP contribution in [0.1, 0.15) is 38.7 Å². The van der Waals surface area contributed by atoms with E-state index in [9.17, 15) is 27.2 Å². The maximum atomic E-state index is 13.6. The van der Waals surface area contributed by atoms with Crippen molar-refractivity contribution in [1.82, 2.24) is 9.62 Å². The first kappa shape index (κ1) is 27.1. The standard InChI is InChI=1S/C26H30FN3O5S/c1-19(2)30(22-12-10-21(27)11-13-22)26(33)23(18-24(31)29-15-6-7-16-29)25(32)28-36(34,35)17-14-20-8-4-3-5-9-20/h3-5,8-14,17,19,23H,6-7,15-16,18H2,1-2H3,(H,28,32)/b17-14+. The molecule has 1 N–H and O–H groups in total. The fraction of sp³-hybridized carbons (Fsp3) is 0.346. The highest BCUT2D eigenvalue weighted by atomic mass is 32.2. The molecule has 0 saturated carbocycles. The number of nitrogens with one attached hydrogen (secondary N) is 1. The van der Waals surface area contributed by atoms with Gasteiger partial charge in [0.25, 0.3) is 10.0 Å². The van der Waals surface area contributed by atoms with Gasteiger partial charge in [0.05, 0.1) is 5.41 Å². The lowest BCUT2D eigenvalue weighted by Crippen LogP contribution is -2.49. The molecule has 1 unspecified atom stereocenters. The number of rotatable bonds is 9. The van der Waals surface area contributed by atoms with Gasteiger partial charge in [0.2, 0.25) is 17.7 Å². The van der Waals surface area contributed by atoms with E-state index in [0.29, 0.717) is 24.3 Å². The smallest absolute Gasteiger partial charge is 0.257 e. The molecule has 1 heterocycles. The number of likely N-dealkylation sites (tertiary alicyclic amines) is 1. The van der Waals surface area contributed by atoms with Gasteiger partial charge in [0, 0.05) is 31.2 Å². The van der Waals surface area contributed by atoms with Crippen LogP contribution in [0, 0.1) is 11.7 Å². The third-order valence-corrected chi connectivity index (χ3v) is 6.77. The molecular formula is C26H30FN3O5S. The number of benzene rings is 2. The van der Waals surface area contributed by atoms with Crippen molar-refractivity contribution in [2.24, 2.45) is 5.92 Å². The van der Waals surface area contributed by atoms with E-state index in [1.54, 1.807) is 49.1 Å². The number of carbonyl (C=O) groups excluding carboxylic acids is 3. The lowest BCUT2D eigenvalue weighted by Gasteiger charge is -2.30. The second-order valence-corrected chi connectivity index (χ2v) is 10.4. The Morgan fingerprint density at radius 1 is 1.03 bits per heavy atom. The van der Waals surface area contributed by atoms with Gasteiger partial charge < -0.3 is 9.80 Å². The molecule has 1 aliphatic rings. The summed E-state index contributed by atoms with van der Waals surface area (Å²) in [5.41, 5.74) is 0.934. The molecule has 0 radical (unpaired) electrons. The van der Waals surface area contributed by atoms with Gasteiger partial charge in [-0.2, -0.15) is 0 Å². The SMILES string of the molecule is CC(C)N(C(=O)C(CC(=O)N1CCCC1)C(=O)NS(=O)(=O)/C=C/c1ccccc1)c1ccc(F)cc1. The fourth-order valence-electron chi connectivity index (χ4n) is 3.99. The maximum Gasteiger partial charge on any atom is 0.257 e. The van der Waals surface area contributed by atoms with E-state index < -0.39 is 51.9 Å². The molecular weight excluding hydrogens is 485 g/mol. The fourth-order valence-corrected chi connectivity index (χ4v) is 4.82. The molecule has 10 heteroatoms. The number of anilines is 1. The van der Waals surface area contributed by atoms with Crippen molar-refractivity contribution >= 4 is 39.5 Å². The van der Waals surface area contributed by atoms with Gasteiger partial charge in [0.1, 0.15) is 11.7 Å². The highest BCUT2D eigenvalue weighted by molar-refractivity contribution is 7.93. The molecule has 1 aliphatic heterocycles. The summed E-state index contributed by atoms with van der Waals surface area (Å²) in [5.74, 6) is -4.34. The first-order chi connectivity index (χ1) is 17.1. The van der Waals surface area contributed by atoms with E-state index in [1.807, 2.05) is 4.72 Å². The molecule has 1 atom stereocenters. The third kappa shape index (κ3) is 7.24. The second kappa shape index (κ2) is 11.9. The van der Waals surface area contributed by atoms with Crippen LogP contribution < -0.4 is 9.62 Å². The lowest BCUT2D eigenvalue weighted by atomic mass is 10.0. The predicted molar refractivity (Wildman–Crippen MR) is 135 cm³/mol. The molecule has 2 aromatic carbocycles. The Labute approximate surface area is 210 Å². The number of carbonyl (C=O) groups is 3. The van der Waals surface area contributed by atoms with Crippen LogP contribution in [-0.4, -0.2) is 50.2 Å². The van der Waals surface area contributed by atoms with Crippen molar-refractivity contribution in [3.05, 3.63) is 71.4 Å². The zero-order chi connectivity index (χ0) is 26.3. The van der Waals surface area contributed by atoms with Crippen LogP contribution in [0.5, 0.6) is 0 Å². The maximum absolute atomic E-state index is 13.6. The predicted octanol–water partition coefficient (Wildman–Crippen LogP) is 3.31. The van der Waals surface area contributed by atoms with Gasteiger partial charge in [-0.05, 0) is 62.6 Å². The number of halogens is 1. The molecule has 0 aromatic heterocycles. The van der Waals surface area contributed by atoms with E-state index in [4.69, 9.17) is 0 Å². The normalized spacial score (nSPS) is 14.7. The molecule has 3 amide bonds. The summed E-state index contributed by atoms with van der Waals surface area (Å²) in [6.45, 7) is 4.45. The number of sulfonamides is 1. The minimum absolute atomic E-state index is 0.328. The summed E-state index contributed by atoms with van der Waals surface area (Å²) < 4.78 is 40.6. The van der Waals surface area contributed by atoms with Gasteiger partial charge in [0.15, 0.2) is 0 Å². The molecule has 0 bridgehead atoms. The summed E-state index contributed by atoms with van der Waals surface area (Å²) in [6, 6.07) is 13.3.